The molecule has 1 aromatic rings. The maximum absolute atomic E-state index is 13.1. The summed E-state index contributed by atoms with van der Waals surface area (Å²) in [7, 11) is 0. The molecule has 0 radical (unpaired) electrons. The number of amides is 3. The molecule has 1 fully saturated rings. The molecule has 0 N–H and O–H groups in total. The number of benzene rings is 1. The third-order valence-corrected chi connectivity index (χ3v) is 5.31. The average Bonchev–Trinajstić information content (AvgIpc) is 2.64. The molecule has 0 saturated carbocycles. The number of hydrogen-bond acceptors (Lipinski definition) is 4. The fourth-order valence-electron chi connectivity index (χ4n) is 3.96. The van der Waals surface area contributed by atoms with Crippen molar-refractivity contribution >= 4 is 35.1 Å². The number of ether oxygens (including phenoxy) is 1. The zero-order chi connectivity index (χ0) is 19.1. The summed E-state index contributed by atoms with van der Waals surface area (Å²) in [6, 6.07) is 5.18. The van der Waals surface area contributed by atoms with E-state index in [-0.39, 0.29) is 30.7 Å². The number of carbonyl (C=O) groups excluding carboxylic acids is 2. The standard InChI is InChI=1S/C19H23ClN4O3/c1-12-9-22(10-13(2)27-12)17(25)11-24-16-8-14(20)4-5-15(16)18-21-6-3-7-23(18)19(24)26/h4-5,8,12-13H,3,6-7,9-11H2,1-2H3/t12-,13-/m0/s1. The first-order valence-electron chi connectivity index (χ1n) is 9.30. The highest BCUT2D eigenvalue weighted by molar-refractivity contribution is 6.31. The smallest absolute Gasteiger partial charge is 0.330 e. The number of nitrogens with zero attached hydrogens (tertiary/aromatic N) is 4. The van der Waals surface area contributed by atoms with E-state index in [1.54, 1.807) is 21.9 Å². The third kappa shape index (κ3) is 3.41. The fourth-order valence-corrected chi connectivity index (χ4v) is 4.12. The second-order valence-corrected chi connectivity index (χ2v) is 7.73. The Morgan fingerprint density at radius 1 is 1.30 bits per heavy atom. The summed E-state index contributed by atoms with van der Waals surface area (Å²) in [5.74, 6) is 0.587. The lowest BCUT2D eigenvalue weighted by Gasteiger charge is -2.41. The van der Waals surface area contributed by atoms with Crippen molar-refractivity contribution in [3.63, 3.8) is 0 Å². The summed E-state index contributed by atoms with van der Waals surface area (Å²) in [5, 5.41) is 0.525. The number of aliphatic imine (C=N–C) groups is 1. The highest BCUT2D eigenvalue weighted by Gasteiger charge is 2.38. The molecule has 3 amide bonds. The number of morpholine rings is 1. The number of rotatable bonds is 2. The van der Waals surface area contributed by atoms with Crippen LogP contribution in [-0.2, 0) is 9.53 Å². The van der Waals surface area contributed by atoms with E-state index in [9.17, 15) is 9.59 Å². The van der Waals surface area contributed by atoms with Gasteiger partial charge in [-0.15, -0.1) is 0 Å². The topological polar surface area (TPSA) is 65.5 Å². The maximum atomic E-state index is 13.1. The fraction of sp³-hybridized carbons (Fsp3) is 0.526. The van der Waals surface area contributed by atoms with Gasteiger partial charge in [-0.05, 0) is 38.5 Å². The number of carbonyl (C=O) groups is 2. The summed E-state index contributed by atoms with van der Waals surface area (Å²) in [6.07, 6.45) is 0.785. The Kier molecular flexibility index (Phi) is 4.82. The molecule has 0 spiro atoms. The molecule has 0 aliphatic carbocycles. The average molecular weight is 391 g/mol. The van der Waals surface area contributed by atoms with Crippen LogP contribution >= 0.6 is 11.6 Å². The van der Waals surface area contributed by atoms with Crippen molar-refractivity contribution in [1.29, 1.82) is 0 Å². The van der Waals surface area contributed by atoms with Crippen molar-refractivity contribution in [1.82, 2.24) is 9.80 Å². The molecular formula is C19H23ClN4O3. The minimum Gasteiger partial charge on any atom is -0.372 e. The number of amidine groups is 1. The first-order chi connectivity index (χ1) is 12.9. The number of anilines is 1. The van der Waals surface area contributed by atoms with E-state index in [2.05, 4.69) is 4.99 Å². The van der Waals surface area contributed by atoms with E-state index in [0.717, 1.165) is 12.0 Å². The predicted octanol–water partition coefficient (Wildman–Crippen LogP) is 2.37. The SMILES string of the molecule is C[C@H]1CN(C(=O)CN2C(=O)N3CCCN=C3c3ccc(Cl)cc32)C[C@H](C)O1. The van der Waals surface area contributed by atoms with Crippen molar-refractivity contribution in [2.24, 2.45) is 4.99 Å². The van der Waals surface area contributed by atoms with Crippen LogP contribution in [0.15, 0.2) is 23.2 Å². The van der Waals surface area contributed by atoms with E-state index >= 15 is 0 Å². The van der Waals surface area contributed by atoms with Crippen LogP contribution in [0.5, 0.6) is 0 Å². The second-order valence-electron chi connectivity index (χ2n) is 7.30. The molecule has 27 heavy (non-hydrogen) atoms. The van der Waals surface area contributed by atoms with Gasteiger partial charge in [0.25, 0.3) is 0 Å². The molecule has 144 valence electrons. The minimum absolute atomic E-state index is 0.0164. The Morgan fingerprint density at radius 2 is 2.04 bits per heavy atom. The molecule has 2 atom stereocenters. The Labute approximate surface area is 163 Å². The molecule has 0 unspecified atom stereocenters. The minimum atomic E-state index is -0.217. The van der Waals surface area contributed by atoms with Gasteiger partial charge in [0.2, 0.25) is 5.91 Å². The van der Waals surface area contributed by atoms with Crippen LogP contribution in [0.2, 0.25) is 5.02 Å². The highest BCUT2D eigenvalue weighted by atomic mass is 35.5. The largest absolute Gasteiger partial charge is 0.372 e. The maximum Gasteiger partial charge on any atom is 0.330 e. The molecule has 0 bridgehead atoms. The van der Waals surface area contributed by atoms with Gasteiger partial charge in [0.1, 0.15) is 12.4 Å². The molecule has 1 aromatic carbocycles. The Balaban J connectivity index is 1.64. The summed E-state index contributed by atoms with van der Waals surface area (Å²) < 4.78 is 5.70. The zero-order valence-electron chi connectivity index (χ0n) is 15.5. The van der Waals surface area contributed by atoms with Crippen LogP contribution in [0.1, 0.15) is 25.8 Å². The summed E-state index contributed by atoms with van der Waals surface area (Å²) >= 11 is 6.18. The van der Waals surface area contributed by atoms with Crippen molar-refractivity contribution < 1.29 is 14.3 Å². The summed E-state index contributed by atoms with van der Waals surface area (Å²) in [5.41, 5.74) is 1.49. The van der Waals surface area contributed by atoms with Gasteiger partial charge in [0.15, 0.2) is 0 Å². The second kappa shape index (κ2) is 7.13. The van der Waals surface area contributed by atoms with Gasteiger partial charge in [-0.1, -0.05) is 11.6 Å². The van der Waals surface area contributed by atoms with E-state index < -0.39 is 0 Å². The van der Waals surface area contributed by atoms with Gasteiger partial charge in [-0.2, -0.15) is 0 Å². The summed E-state index contributed by atoms with van der Waals surface area (Å²) in [4.78, 5) is 35.6. The monoisotopic (exact) mass is 390 g/mol. The van der Waals surface area contributed by atoms with Crippen LogP contribution in [0.3, 0.4) is 0 Å². The normalized spacial score (nSPS) is 25.1. The van der Waals surface area contributed by atoms with Gasteiger partial charge in [-0.3, -0.25) is 19.6 Å². The van der Waals surface area contributed by atoms with Crippen molar-refractivity contribution in [2.75, 3.05) is 37.6 Å². The first-order valence-corrected chi connectivity index (χ1v) is 9.68. The zero-order valence-corrected chi connectivity index (χ0v) is 16.3. The van der Waals surface area contributed by atoms with Crippen LogP contribution in [0.4, 0.5) is 10.5 Å². The van der Waals surface area contributed by atoms with E-state index in [1.165, 1.54) is 4.90 Å². The number of urea groups is 1. The van der Waals surface area contributed by atoms with Gasteiger partial charge >= 0.3 is 6.03 Å². The third-order valence-electron chi connectivity index (χ3n) is 5.08. The predicted molar refractivity (Wildman–Crippen MR) is 104 cm³/mol. The molecule has 3 heterocycles. The summed E-state index contributed by atoms with van der Waals surface area (Å²) in [6.45, 7) is 6.25. The van der Waals surface area contributed by atoms with Gasteiger partial charge in [0, 0.05) is 36.8 Å². The van der Waals surface area contributed by atoms with E-state index in [1.807, 2.05) is 19.9 Å². The lowest BCUT2D eigenvalue weighted by atomic mass is 10.1. The van der Waals surface area contributed by atoms with Crippen LogP contribution in [-0.4, -0.2) is 72.5 Å². The number of fused-ring (bicyclic) bond motifs is 3. The van der Waals surface area contributed by atoms with Gasteiger partial charge in [0.05, 0.1) is 17.9 Å². The Hall–Kier alpha value is -2.12. The van der Waals surface area contributed by atoms with Crippen LogP contribution in [0, 0.1) is 0 Å². The van der Waals surface area contributed by atoms with E-state index in [4.69, 9.17) is 16.3 Å². The van der Waals surface area contributed by atoms with E-state index in [0.29, 0.717) is 42.7 Å². The molecule has 1 saturated heterocycles. The molecule has 7 nitrogen and oxygen atoms in total. The molecule has 3 aliphatic rings. The van der Waals surface area contributed by atoms with Crippen LogP contribution in [0.25, 0.3) is 0 Å². The van der Waals surface area contributed by atoms with Gasteiger partial charge in [-0.25, -0.2) is 4.79 Å². The molecule has 3 aliphatic heterocycles. The highest BCUT2D eigenvalue weighted by Crippen LogP contribution is 2.33. The Bertz CT molecular complexity index is 802. The number of halogens is 1. The van der Waals surface area contributed by atoms with Crippen molar-refractivity contribution in [2.45, 2.75) is 32.5 Å². The molecule has 4 rings (SSSR count). The molecular weight excluding hydrogens is 368 g/mol. The molecule has 0 aromatic heterocycles. The lowest BCUT2D eigenvalue weighted by molar-refractivity contribution is -0.141. The van der Waals surface area contributed by atoms with Crippen LogP contribution < -0.4 is 4.90 Å². The molecule has 8 heteroatoms. The Morgan fingerprint density at radius 3 is 2.78 bits per heavy atom. The first kappa shape index (κ1) is 18.3. The number of hydrogen-bond donors (Lipinski definition) is 0. The lowest BCUT2D eigenvalue weighted by Crippen LogP contribution is -2.57. The van der Waals surface area contributed by atoms with Crippen molar-refractivity contribution in [3.05, 3.63) is 28.8 Å². The quantitative estimate of drug-likeness (QED) is 0.778. The van der Waals surface area contributed by atoms with Crippen molar-refractivity contribution in [3.8, 4) is 0 Å². The van der Waals surface area contributed by atoms with Gasteiger partial charge < -0.3 is 9.64 Å².